The lowest BCUT2D eigenvalue weighted by Crippen LogP contribution is -2.41. The number of benzene rings is 1. The maximum absolute atomic E-state index is 6.14. The molecule has 5 heteroatoms. The van der Waals surface area contributed by atoms with Crippen LogP contribution in [0.1, 0.15) is 40.3 Å². The first kappa shape index (κ1) is 17.0. The van der Waals surface area contributed by atoms with Crippen LogP contribution in [0.5, 0.6) is 0 Å². The van der Waals surface area contributed by atoms with Crippen LogP contribution < -0.4 is 5.46 Å². The number of ether oxygens (including phenoxy) is 1. The summed E-state index contributed by atoms with van der Waals surface area (Å²) in [4.78, 5) is 4.42. The molecule has 4 nitrogen and oxygen atoms in total. The average Bonchev–Trinajstić information content (AvgIpc) is 2.75. The van der Waals surface area contributed by atoms with Gasteiger partial charge in [0.25, 0.3) is 0 Å². The van der Waals surface area contributed by atoms with Gasteiger partial charge in [0.05, 0.1) is 29.8 Å². The van der Waals surface area contributed by atoms with Gasteiger partial charge in [0.2, 0.25) is 0 Å². The predicted octanol–water partition coefficient (Wildman–Crippen LogP) is 3.54. The summed E-state index contributed by atoms with van der Waals surface area (Å²) in [7, 11) is -0.352. The number of hydrogen-bond acceptors (Lipinski definition) is 4. The minimum Gasteiger partial charge on any atom is -0.501 e. The van der Waals surface area contributed by atoms with Gasteiger partial charge in [-0.1, -0.05) is 18.2 Å². The Morgan fingerprint density at radius 1 is 1.12 bits per heavy atom. The molecule has 2 heterocycles. The highest BCUT2D eigenvalue weighted by Gasteiger charge is 2.51. The van der Waals surface area contributed by atoms with Gasteiger partial charge in [-0.25, -0.2) is 0 Å². The number of rotatable bonds is 4. The molecule has 1 fully saturated rings. The first-order valence-electron chi connectivity index (χ1n) is 8.36. The highest BCUT2D eigenvalue weighted by Crippen LogP contribution is 2.36. The molecule has 0 aliphatic carbocycles. The Balaban J connectivity index is 1.93. The van der Waals surface area contributed by atoms with Crippen molar-refractivity contribution in [1.82, 2.24) is 4.98 Å². The largest absolute Gasteiger partial charge is 0.501 e. The molecule has 0 atom stereocenters. The van der Waals surface area contributed by atoms with Crippen LogP contribution in [-0.2, 0) is 14.0 Å². The molecule has 1 aliphatic rings. The fourth-order valence-corrected chi connectivity index (χ4v) is 2.69. The van der Waals surface area contributed by atoms with Gasteiger partial charge in [-0.05, 0) is 57.6 Å². The van der Waals surface area contributed by atoms with Gasteiger partial charge in [-0.15, -0.1) is 0 Å². The van der Waals surface area contributed by atoms with E-state index in [1.807, 2.05) is 31.3 Å². The molecule has 0 amide bonds. The normalized spacial score (nSPS) is 19.3. The molecular formula is C19H24BNO3. The molecule has 1 aromatic heterocycles. The second-order valence-electron chi connectivity index (χ2n) is 7.02. The Labute approximate surface area is 144 Å². The molecule has 24 heavy (non-hydrogen) atoms. The Morgan fingerprint density at radius 3 is 2.50 bits per heavy atom. The fraction of sp³-hybridized carbons (Fsp3) is 0.421. The Hall–Kier alpha value is -1.85. The molecule has 3 rings (SSSR count). The molecule has 0 radical (unpaired) electrons. The van der Waals surface area contributed by atoms with Crippen molar-refractivity contribution in [2.24, 2.45) is 0 Å². The quantitative estimate of drug-likeness (QED) is 0.637. The molecule has 2 aromatic rings. The van der Waals surface area contributed by atoms with E-state index in [1.165, 1.54) is 0 Å². The Bertz CT molecular complexity index is 754. The molecule has 0 bridgehead atoms. The van der Waals surface area contributed by atoms with E-state index in [1.54, 1.807) is 6.26 Å². The van der Waals surface area contributed by atoms with Gasteiger partial charge in [0, 0.05) is 11.6 Å². The van der Waals surface area contributed by atoms with Crippen molar-refractivity contribution in [3.05, 3.63) is 42.4 Å². The van der Waals surface area contributed by atoms with Crippen LogP contribution in [0.25, 0.3) is 16.8 Å². The van der Waals surface area contributed by atoms with E-state index in [-0.39, 0.29) is 18.3 Å². The van der Waals surface area contributed by atoms with Crippen LogP contribution in [0, 0.1) is 0 Å². The van der Waals surface area contributed by atoms with E-state index >= 15 is 0 Å². The Kier molecular flexibility index (Phi) is 4.41. The zero-order chi connectivity index (χ0) is 17.4. The van der Waals surface area contributed by atoms with Gasteiger partial charge >= 0.3 is 7.12 Å². The third kappa shape index (κ3) is 3.06. The van der Waals surface area contributed by atoms with Crippen molar-refractivity contribution in [3.63, 3.8) is 0 Å². The molecule has 0 unspecified atom stereocenters. The van der Waals surface area contributed by atoms with Crippen molar-refractivity contribution in [2.45, 2.75) is 45.8 Å². The second-order valence-corrected chi connectivity index (χ2v) is 7.02. The summed E-state index contributed by atoms with van der Waals surface area (Å²) in [5, 5.41) is 2.18. The van der Waals surface area contributed by atoms with E-state index in [4.69, 9.17) is 14.0 Å². The first-order chi connectivity index (χ1) is 11.3. The van der Waals surface area contributed by atoms with Crippen LogP contribution >= 0.6 is 0 Å². The molecule has 1 aromatic carbocycles. The molecule has 126 valence electrons. The molecule has 0 spiro atoms. The monoisotopic (exact) mass is 325 g/mol. The predicted molar refractivity (Wildman–Crippen MR) is 98.1 cm³/mol. The Morgan fingerprint density at radius 2 is 1.83 bits per heavy atom. The minimum atomic E-state index is -0.352. The van der Waals surface area contributed by atoms with Gasteiger partial charge < -0.3 is 14.0 Å². The summed E-state index contributed by atoms with van der Waals surface area (Å²) in [5.74, 6) is 0. The zero-order valence-electron chi connectivity index (χ0n) is 15.0. The third-order valence-electron chi connectivity index (χ3n) is 4.83. The lowest BCUT2D eigenvalue weighted by atomic mass is 9.78. The lowest BCUT2D eigenvalue weighted by molar-refractivity contribution is 0.00578. The van der Waals surface area contributed by atoms with Gasteiger partial charge in [0.15, 0.2) is 0 Å². The fourth-order valence-electron chi connectivity index (χ4n) is 2.69. The minimum absolute atomic E-state index is 0.337. The number of aromatic nitrogens is 1. The standard InChI is InChI=1S/C19H24BNO3/c1-6-22-12-10-17-16-8-7-15(13-14(16)9-11-21-17)20-23-18(2,3)19(4,5)24-20/h7-13H,6H2,1-5H3/b12-10+. The molecular weight excluding hydrogens is 301 g/mol. The second kappa shape index (κ2) is 6.23. The van der Waals surface area contributed by atoms with Crippen LogP contribution in [0.2, 0.25) is 0 Å². The summed E-state index contributed by atoms with van der Waals surface area (Å²) >= 11 is 0. The van der Waals surface area contributed by atoms with E-state index in [9.17, 15) is 0 Å². The zero-order valence-corrected chi connectivity index (χ0v) is 15.0. The molecule has 1 aliphatic heterocycles. The maximum Gasteiger partial charge on any atom is 0.494 e. The third-order valence-corrected chi connectivity index (χ3v) is 4.83. The van der Waals surface area contributed by atoms with Gasteiger partial charge in [-0.2, -0.15) is 0 Å². The molecule has 0 saturated carbocycles. The average molecular weight is 325 g/mol. The van der Waals surface area contributed by atoms with Crippen molar-refractivity contribution < 1.29 is 14.0 Å². The first-order valence-corrected chi connectivity index (χ1v) is 8.36. The summed E-state index contributed by atoms with van der Waals surface area (Å²) in [6, 6.07) is 8.22. The van der Waals surface area contributed by atoms with Crippen molar-refractivity contribution in [1.29, 1.82) is 0 Å². The highest BCUT2D eigenvalue weighted by molar-refractivity contribution is 6.62. The number of pyridine rings is 1. The smallest absolute Gasteiger partial charge is 0.494 e. The van der Waals surface area contributed by atoms with E-state index in [2.05, 4.69) is 44.8 Å². The number of fused-ring (bicyclic) bond motifs is 1. The van der Waals surface area contributed by atoms with Crippen molar-refractivity contribution >= 4 is 29.4 Å². The van der Waals surface area contributed by atoms with E-state index < -0.39 is 0 Å². The molecule has 1 saturated heterocycles. The highest BCUT2D eigenvalue weighted by atomic mass is 16.7. The van der Waals surface area contributed by atoms with Crippen LogP contribution in [-0.4, -0.2) is 29.9 Å². The van der Waals surface area contributed by atoms with E-state index in [0.29, 0.717) is 6.61 Å². The lowest BCUT2D eigenvalue weighted by Gasteiger charge is -2.32. The molecule has 0 N–H and O–H groups in total. The number of hydrogen-bond donors (Lipinski definition) is 0. The maximum atomic E-state index is 6.14. The van der Waals surface area contributed by atoms with Crippen LogP contribution in [0.4, 0.5) is 0 Å². The van der Waals surface area contributed by atoms with E-state index in [0.717, 1.165) is 21.9 Å². The summed E-state index contributed by atoms with van der Waals surface area (Å²) in [5.41, 5.74) is 1.24. The van der Waals surface area contributed by atoms with Crippen LogP contribution in [0.15, 0.2) is 36.7 Å². The summed E-state index contributed by atoms with van der Waals surface area (Å²) in [6.07, 6.45) is 5.38. The summed E-state index contributed by atoms with van der Waals surface area (Å²) in [6.45, 7) is 10.9. The van der Waals surface area contributed by atoms with Crippen molar-refractivity contribution in [2.75, 3.05) is 6.61 Å². The SMILES string of the molecule is CCO/C=C/c1nccc2cc(B3OC(C)(C)C(C)(C)O3)ccc12. The summed E-state index contributed by atoms with van der Waals surface area (Å²) < 4.78 is 17.6. The topological polar surface area (TPSA) is 40.6 Å². The van der Waals surface area contributed by atoms with Crippen LogP contribution in [0.3, 0.4) is 0 Å². The van der Waals surface area contributed by atoms with Gasteiger partial charge in [-0.3, -0.25) is 4.98 Å². The van der Waals surface area contributed by atoms with Gasteiger partial charge in [0.1, 0.15) is 0 Å². The number of nitrogens with zero attached hydrogens (tertiary/aromatic N) is 1. The van der Waals surface area contributed by atoms with Crippen molar-refractivity contribution in [3.8, 4) is 0 Å².